The minimum absolute atomic E-state index is 0.245. The molecule has 5 nitrogen and oxygen atoms in total. The van der Waals surface area contributed by atoms with Crippen LogP contribution in [0.15, 0.2) is 24.3 Å². The van der Waals surface area contributed by atoms with E-state index in [0.717, 1.165) is 44.0 Å². The van der Waals surface area contributed by atoms with E-state index in [9.17, 15) is 4.79 Å². The average molecular weight is 326 g/mol. The van der Waals surface area contributed by atoms with Crippen molar-refractivity contribution in [1.29, 1.82) is 0 Å². The van der Waals surface area contributed by atoms with Gasteiger partial charge in [0.15, 0.2) is 0 Å². The zero-order valence-corrected chi connectivity index (χ0v) is 14.8. The van der Waals surface area contributed by atoms with Gasteiger partial charge in [-0.15, -0.1) is 0 Å². The maximum atomic E-state index is 12.6. The number of nitrogens with zero attached hydrogens (tertiary/aromatic N) is 4. The van der Waals surface area contributed by atoms with Crippen molar-refractivity contribution in [2.24, 2.45) is 0 Å². The molecule has 2 heterocycles. The smallest absolute Gasteiger partial charge is 0.222 e. The normalized spacial score (nSPS) is 18.0. The van der Waals surface area contributed by atoms with Crippen LogP contribution < -0.4 is 0 Å². The summed E-state index contributed by atoms with van der Waals surface area (Å²) in [5, 5.41) is 4.50. The Morgan fingerprint density at radius 2 is 1.96 bits per heavy atom. The van der Waals surface area contributed by atoms with Gasteiger partial charge in [0, 0.05) is 19.5 Å². The molecular weight excluding hydrogens is 300 g/mol. The summed E-state index contributed by atoms with van der Waals surface area (Å²) in [5.74, 6) is 1.98. The van der Waals surface area contributed by atoms with E-state index in [0.29, 0.717) is 6.42 Å². The average Bonchev–Trinajstić information content (AvgIpc) is 2.92. The largest absolute Gasteiger partial charge is 0.341 e. The van der Waals surface area contributed by atoms with Gasteiger partial charge in [0.1, 0.15) is 11.6 Å². The molecule has 1 aliphatic heterocycles. The van der Waals surface area contributed by atoms with Crippen LogP contribution in [0.3, 0.4) is 0 Å². The van der Waals surface area contributed by atoms with Gasteiger partial charge in [-0.2, -0.15) is 5.10 Å². The minimum Gasteiger partial charge on any atom is -0.341 e. The van der Waals surface area contributed by atoms with Crippen LogP contribution in [0.5, 0.6) is 0 Å². The Labute approximate surface area is 143 Å². The second-order valence-electron chi connectivity index (χ2n) is 6.77. The van der Waals surface area contributed by atoms with Gasteiger partial charge in [-0.05, 0) is 45.6 Å². The van der Waals surface area contributed by atoms with Crippen molar-refractivity contribution in [1.82, 2.24) is 19.7 Å². The van der Waals surface area contributed by atoms with E-state index in [4.69, 9.17) is 0 Å². The van der Waals surface area contributed by atoms with Crippen molar-refractivity contribution in [3.63, 3.8) is 0 Å². The van der Waals surface area contributed by atoms with Gasteiger partial charge in [-0.3, -0.25) is 4.79 Å². The Morgan fingerprint density at radius 1 is 1.21 bits per heavy atom. The molecule has 1 atom stereocenters. The molecule has 0 saturated carbocycles. The summed E-state index contributed by atoms with van der Waals surface area (Å²) in [5.41, 5.74) is 2.48. The second-order valence-corrected chi connectivity index (χ2v) is 6.77. The molecular formula is C19H26N4O. The highest BCUT2D eigenvalue weighted by atomic mass is 16.2. The summed E-state index contributed by atoms with van der Waals surface area (Å²) in [6, 6.07) is 8.69. The maximum absolute atomic E-state index is 12.6. The first-order valence-corrected chi connectivity index (χ1v) is 8.76. The van der Waals surface area contributed by atoms with Crippen LogP contribution in [-0.4, -0.2) is 38.7 Å². The molecule has 0 radical (unpaired) electrons. The lowest BCUT2D eigenvalue weighted by molar-refractivity contribution is -0.132. The molecule has 3 rings (SSSR count). The van der Waals surface area contributed by atoms with Crippen molar-refractivity contribution in [2.45, 2.75) is 52.5 Å². The summed E-state index contributed by atoms with van der Waals surface area (Å²) in [6.07, 6.45) is 3.47. The molecule has 128 valence electrons. The molecule has 1 aromatic heterocycles. The number of aryl methyl sites for hydroxylation is 4. The van der Waals surface area contributed by atoms with Crippen LogP contribution in [0.1, 0.15) is 48.1 Å². The Kier molecular flexibility index (Phi) is 4.97. The second kappa shape index (κ2) is 7.16. The van der Waals surface area contributed by atoms with E-state index in [1.807, 2.05) is 23.4 Å². The molecule has 24 heavy (non-hydrogen) atoms. The number of hydrogen-bond acceptors (Lipinski definition) is 3. The topological polar surface area (TPSA) is 51.0 Å². The van der Waals surface area contributed by atoms with Gasteiger partial charge < -0.3 is 4.90 Å². The van der Waals surface area contributed by atoms with Crippen LogP contribution in [-0.2, 0) is 11.2 Å². The fourth-order valence-corrected chi connectivity index (χ4v) is 3.43. The summed E-state index contributed by atoms with van der Waals surface area (Å²) >= 11 is 0. The van der Waals surface area contributed by atoms with E-state index < -0.39 is 0 Å². The predicted molar refractivity (Wildman–Crippen MR) is 93.8 cm³/mol. The summed E-state index contributed by atoms with van der Waals surface area (Å²) in [4.78, 5) is 19.0. The van der Waals surface area contributed by atoms with E-state index in [1.54, 1.807) is 0 Å². The maximum Gasteiger partial charge on any atom is 0.222 e. The van der Waals surface area contributed by atoms with Crippen LogP contribution in [0.4, 0.5) is 0 Å². The molecule has 1 amide bonds. The number of likely N-dealkylation sites (tertiary alicyclic amines) is 1. The number of aromatic nitrogens is 3. The van der Waals surface area contributed by atoms with Crippen LogP contribution >= 0.6 is 0 Å². The lowest BCUT2D eigenvalue weighted by Gasteiger charge is -2.33. The highest BCUT2D eigenvalue weighted by molar-refractivity contribution is 5.76. The van der Waals surface area contributed by atoms with Gasteiger partial charge in [0.2, 0.25) is 5.91 Å². The number of carbonyl (C=O) groups is 1. The van der Waals surface area contributed by atoms with E-state index in [2.05, 4.69) is 41.3 Å². The SMILES string of the molecule is Cc1ccc(CCC(=O)N2CCC[C@H](n3nc(C)nc3C)C2)cc1. The van der Waals surface area contributed by atoms with Crippen LogP contribution in [0.25, 0.3) is 0 Å². The molecule has 0 bridgehead atoms. The number of hydrogen-bond donors (Lipinski definition) is 0. The Balaban J connectivity index is 1.58. The molecule has 0 unspecified atom stereocenters. The summed E-state index contributed by atoms with van der Waals surface area (Å²) in [6.45, 7) is 7.58. The quantitative estimate of drug-likeness (QED) is 0.868. The van der Waals surface area contributed by atoms with Gasteiger partial charge in [0.25, 0.3) is 0 Å². The molecule has 5 heteroatoms. The lowest BCUT2D eigenvalue weighted by Crippen LogP contribution is -2.41. The lowest BCUT2D eigenvalue weighted by atomic mass is 10.0. The summed E-state index contributed by atoms with van der Waals surface area (Å²) in [7, 11) is 0. The molecule has 0 spiro atoms. The Bertz CT molecular complexity index is 705. The molecule has 1 fully saturated rings. The Morgan fingerprint density at radius 3 is 2.62 bits per heavy atom. The monoisotopic (exact) mass is 326 g/mol. The summed E-state index contributed by atoms with van der Waals surface area (Å²) < 4.78 is 1.99. The zero-order chi connectivity index (χ0) is 17.1. The highest BCUT2D eigenvalue weighted by Crippen LogP contribution is 2.23. The first-order chi connectivity index (χ1) is 11.5. The molecule has 2 aromatic rings. The minimum atomic E-state index is 0.245. The molecule has 1 saturated heterocycles. The fraction of sp³-hybridized carbons (Fsp3) is 0.526. The van der Waals surface area contributed by atoms with Gasteiger partial charge in [-0.25, -0.2) is 9.67 Å². The Hall–Kier alpha value is -2.17. The van der Waals surface area contributed by atoms with Crippen molar-refractivity contribution in [3.8, 4) is 0 Å². The molecule has 1 aromatic carbocycles. The third kappa shape index (κ3) is 3.83. The fourth-order valence-electron chi connectivity index (χ4n) is 3.43. The third-order valence-electron chi connectivity index (χ3n) is 4.75. The highest BCUT2D eigenvalue weighted by Gasteiger charge is 2.26. The van der Waals surface area contributed by atoms with E-state index >= 15 is 0 Å². The number of piperidine rings is 1. The van der Waals surface area contributed by atoms with Crippen molar-refractivity contribution < 1.29 is 4.79 Å². The molecule has 0 N–H and O–H groups in total. The first kappa shape index (κ1) is 16.7. The number of amides is 1. The number of carbonyl (C=O) groups excluding carboxylic acids is 1. The standard InChI is InChI=1S/C19H26N4O/c1-14-6-8-17(9-7-14)10-11-19(24)22-12-4-5-18(13-22)23-16(3)20-15(2)21-23/h6-9,18H,4-5,10-13H2,1-3H3/t18-/m0/s1. The van der Waals surface area contributed by atoms with Crippen LogP contribution in [0.2, 0.25) is 0 Å². The van der Waals surface area contributed by atoms with Gasteiger partial charge in [-0.1, -0.05) is 29.8 Å². The first-order valence-electron chi connectivity index (χ1n) is 8.76. The van der Waals surface area contributed by atoms with Crippen LogP contribution in [0, 0.1) is 20.8 Å². The van der Waals surface area contributed by atoms with E-state index in [-0.39, 0.29) is 11.9 Å². The number of benzene rings is 1. The predicted octanol–water partition coefficient (Wildman–Crippen LogP) is 3.00. The van der Waals surface area contributed by atoms with Gasteiger partial charge in [0.05, 0.1) is 6.04 Å². The third-order valence-corrected chi connectivity index (χ3v) is 4.75. The molecule has 1 aliphatic rings. The zero-order valence-electron chi connectivity index (χ0n) is 14.8. The number of rotatable bonds is 4. The van der Waals surface area contributed by atoms with E-state index in [1.165, 1.54) is 11.1 Å². The van der Waals surface area contributed by atoms with Gasteiger partial charge >= 0.3 is 0 Å². The van der Waals surface area contributed by atoms with Crippen molar-refractivity contribution in [3.05, 3.63) is 47.0 Å². The molecule has 0 aliphatic carbocycles. The van der Waals surface area contributed by atoms with Crippen molar-refractivity contribution in [2.75, 3.05) is 13.1 Å². The van der Waals surface area contributed by atoms with Crippen molar-refractivity contribution >= 4 is 5.91 Å².